The van der Waals surface area contributed by atoms with Gasteiger partial charge in [-0.2, -0.15) is 0 Å². The first-order valence-electron chi connectivity index (χ1n) is 2.42. The number of rotatable bonds is 2. The van der Waals surface area contributed by atoms with Crippen molar-refractivity contribution in [3.63, 3.8) is 0 Å². The fourth-order valence-electron chi connectivity index (χ4n) is 0.387. The molecule has 0 aromatic heterocycles. The summed E-state index contributed by atoms with van der Waals surface area (Å²) in [5, 5.41) is 9.89. The van der Waals surface area contributed by atoms with Crippen LogP contribution in [0.15, 0.2) is 0 Å². The van der Waals surface area contributed by atoms with Crippen LogP contribution in [0.5, 0.6) is 0 Å². The van der Waals surface area contributed by atoms with E-state index in [0.717, 1.165) is 0 Å². The molecule has 0 unspecified atom stereocenters. The van der Waals surface area contributed by atoms with Crippen molar-refractivity contribution in [2.45, 2.75) is 0 Å². The van der Waals surface area contributed by atoms with Crippen molar-refractivity contribution in [2.24, 2.45) is 0 Å². The third kappa shape index (κ3) is 12.0. The number of aliphatic carboxylic acids is 1. The van der Waals surface area contributed by atoms with Gasteiger partial charge in [0.15, 0.2) is 0 Å². The third-order valence-electron chi connectivity index (χ3n) is 0.603. The Morgan fingerprint density at radius 2 is 1.89 bits per heavy atom. The molecule has 0 radical (unpaired) electrons. The number of hydrogen-bond donors (Lipinski definition) is 0. The van der Waals surface area contributed by atoms with E-state index >= 15 is 0 Å². The van der Waals surface area contributed by atoms with E-state index in [2.05, 4.69) is 0 Å². The fraction of sp³-hybridized carbons (Fsp3) is 0.800. The van der Waals surface area contributed by atoms with Crippen LogP contribution in [0.4, 0.5) is 0 Å². The normalized spacial score (nSPS) is 10.1. The molecule has 9 heavy (non-hydrogen) atoms. The quantitative estimate of drug-likeness (QED) is 0.355. The second kappa shape index (κ2) is 4.50. The number of nitrogens with zero attached hydrogens (tertiary/aromatic N) is 1. The van der Waals surface area contributed by atoms with E-state index in [9.17, 15) is 9.90 Å². The maximum absolute atomic E-state index is 9.89. The van der Waals surface area contributed by atoms with E-state index in [4.69, 9.17) is 0 Å². The number of quaternary nitrogens is 1. The van der Waals surface area contributed by atoms with Crippen LogP contribution in [-0.4, -0.2) is 75.9 Å². The third-order valence-corrected chi connectivity index (χ3v) is 0.603. The summed E-state index contributed by atoms with van der Waals surface area (Å²) < 4.78 is 0.419. The van der Waals surface area contributed by atoms with Gasteiger partial charge in [0.05, 0.1) is 27.1 Å². The maximum Gasteiger partial charge on any atom is 2.00 e. The predicted octanol–water partition coefficient (Wildman–Crippen LogP) is -1.71. The standard InChI is InChI=1S/C5H11NO2.Ca.2H/c1-6(2,3)4-5(7)8;;;/h4H2,1-3H3;;;/q;+2;2*-1. The zero-order chi connectivity index (χ0) is 6.78. The summed E-state index contributed by atoms with van der Waals surface area (Å²) in [6.45, 7) is 0.0694. The van der Waals surface area contributed by atoms with Crippen molar-refractivity contribution in [3.8, 4) is 0 Å². The van der Waals surface area contributed by atoms with Crippen molar-refractivity contribution in [3.05, 3.63) is 0 Å². The molecule has 4 heteroatoms. The number of hydrogen-bond acceptors (Lipinski definition) is 2. The van der Waals surface area contributed by atoms with Gasteiger partial charge in [0.1, 0.15) is 6.54 Å². The minimum Gasteiger partial charge on any atom is -1.00 e. The zero-order valence-electron chi connectivity index (χ0n) is 8.18. The molecule has 52 valence electrons. The van der Waals surface area contributed by atoms with E-state index in [-0.39, 0.29) is 47.1 Å². The van der Waals surface area contributed by atoms with Gasteiger partial charge in [0, 0.05) is 0 Å². The van der Waals surface area contributed by atoms with Gasteiger partial charge >= 0.3 is 37.7 Å². The van der Waals surface area contributed by atoms with E-state index in [1.54, 1.807) is 21.1 Å². The molecule has 0 aromatic carbocycles. The van der Waals surface area contributed by atoms with Crippen LogP contribution in [-0.2, 0) is 4.79 Å². The summed E-state index contributed by atoms with van der Waals surface area (Å²) in [6, 6.07) is 0. The van der Waals surface area contributed by atoms with Gasteiger partial charge in [0.2, 0.25) is 0 Å². The second-order valence-electron chi connectivity index (χ2n) is 2.82. The topological polar surface area (TPSA) is 40.1 Å². The Bertz CT molecular complexity index is 105. The molecule has 0 heterocycles. The molecule has 0 saturated heterocycles. The molecule has 0 bridgehead atoms. The van der Waals surface area contributed by atoms with E-state index in [1.165, 1.54) is 0 Å². The molecule has 0 rings (SSSR count). The van der Waals surface area contributed by atoms with Crippen molar-refractivity contribution in [1.82, 2.24) is 0 Å². The fourth-order valence-corrected chi connectivity index (χ4v) is 0.387. The van der Waals surface area contributed by atoms with E-state index in [0.29, 0.717) is 4.48 Å². The minimum absolute atomic E-state index is 0. The number of carboxylic acids is 1. The summed E-state index contributed by atoms with van der Waals surface area (Å²) in [6.07, 6.45) is 0. The Morgan fingerprint density at radius 3 is 1.89 bits per heavy atom. The summed E-state index contributed by atoms with van der Waals surface area (Å²) >= 11 is 0. The smallest absolute Gasteiger partial charge is 1.00 e. The molecule has 0 aliphatic rings. The minimum atomic E-state index is -1.00. The van der Waals surface area contributed by atoms with Gasteiger partial charge in [-0.1, -0.05) is 0 Å². The first-order valence-corrected chi connectivity index (χ1v) is 2.42. The molecule has 0 amide bonds. The van der Waals surface area contributed by atoms with Gasteiger partial charge in [-0.3, -0.25) is 0 Å². The van der Waals surface area contributed by atoms with E-state index < -0.39 is 5.97 Å². The van der Waals surface area contributed by atoms with Gasteiger partial charge in [0.25, 0.3) is 0 Å². The van der Waals surface area contributed by atoms with Crippen LogP contribution in [0, 0.1) is 0 Å². The second-order valence-corrected chi connectivity index (χ2v) is 2.82. The molecular weight excluding hydrogens is 146 g/mol. The van der Waals surface area contributed by atoms with Gasteiger partial charge in [-0.15, -0.1) is 0 Å². The largest absolute Gasteiger partial charge is 2.00 e. The van der Waals surface area contributed by atoms with Crippen molar-refractivity contribution in [1.29, 1.82) is 0 Å². The molecule has 0 spiro atoms. The monoisotopic (exact) mass is 159 g/mol. The Labute approximate surface area is 88.2 Å². The molecule has 0 aliphatic heterocycles. The average molecular weight is 159 g/mol. The number of carbonyl (C=O) groups is 1. The molecule has 0 fully saturated rings. The summed E-state index contributed by atoms with van der Waals surface area (Å²) in [7, 11) is 5.40. The molecular formula is C5H13CaNO2. The Kier molecular flexibility index (Phi) is 6.18. The first kappa shape index (κ1) is 12.4. The first-order chi connectivity index (χ1) is 3.42. The van der Waals surface area contributed by atoms with Crippen molar-refractivity contribution < 1.29 is 17.2 Å². The molecule has 0 atom stereocenters. The molecule has 3 nitrogen and oxygen atoms in total. The van der Waals surface area contributed by atoms with Crippen molar-refractivity contribution >= 4 is 43.7 Å². The SMILES string of the molecule is C[N+](C)(C)CC(=O)[O-].[Ca+2].[H-].[H-]. The van der Waals surface area contributed by atoms with Crippen LogP contribution in [0.25, 0.3) is 0 Å². The Balaban J connectivity index is -0.0000000817. The number of likely N-dealkylation sites (N-methyl/N-ethyl adjacent to an activating group) is 1. The van der Waals surface area contributed by atoms with Gasteiger partial charge in [-0.25, -0.2) is 0 Å². The summed E-state index contributed by atoms with van der Waals surface area (Å²) in [5.41, 5.74) is 0. The van der Waals surface area contributed by atoms with Crippen LogP contribution in [0.3, 0.4) is 0 Å². The van der Waals surface area contributed by atoms with E-state index in [1.807, 2.05) is 0 Å². The molecule has 0 N–H and O–H groups in total. The van der Waals surface area contributed by atoms with Crippen LogP contribution >= 0.6 is 0 Å². The zero-order valence-corrected chi connectivity index (χ0v) is 8.39. The van der Waals surface area contributed by atoms with Crippen LogP contribution in [0.1, 0.15) is 2.85 Å². The van der Waals surface area contributed by atoms with Crippen molar-refractivity contribution in [2.75, 3.05) is 27.7 Å². The molecule has 0 saturated carbocycles. The Morgan fingerprint density at radius 1 is 1.56 bits per heavy atom. The van der Waals surface area contributed by atoms with Gasteiger partial charge < -0.3 is 17.2 Å². The Hall–Kier alpha value is 0.690. The van der Waals surface area contributed by atoms with Crippen LogP contribution in [0.2, 0.25) is 0 Å². The summed E-state index contributed by atoms with van der Waals surface area (Å²) in [5.74, 6) is -1.00. The number of carbonyl (C=O) groups excluding carboxylic acids is 1. The molecule has 0 aromatic rings. The summed E-state index contributed by atoms with van der Waals surface area (Å²) in [4.78, 5) is 9.89. The van der Waals surface area contributed by atoms with Gasteiger partial charge in [-0.05, 0) is 0 Å². The van der Waals surface area contributed by atoms with Crippen LogP contribution < -0.4 is 5.11 Å². The predicted molar refractivity (Wildman–Crippen MR) is 35.9 cm³/mol. The molecule has 0 aliphatic carbocycles. The number of carboxylic acid groups (broad SMARTS) is 1. The maximum atomic E-state index is 9.89. The average Bonchev–Trinajstić information content (AvgIpc) is 1.21.